The highest BCUT2D eigenvalue weighted by Crippen LogP contribution is 2.29. The van der Waals surface area contributed by atoms with Gasteiger partial charge < -0.3 is 10.6 Å². The molecule has 1 heterocycles. The summed E-state index contributed by atoms with van der Waals surface area (Å²) in [5.41, 5.74) is 10.8. The highest BCUT2D eigenvalue weighted by Gasteiger charge is 2.18. The second-order valence-electron chi connectivity index (χ2n) is 5.77. The Morgan fingerprint density at radius 3 is 2.43 bits per heavy atom. The zero-order valence-electron chi connectivity index (χ0n) is 13.7. The molecule has 2 N–H and O–H groups in total. The largest absolute Gasteiger partial charge is 0.329 e. The van der Waals surface area contributed by atoms with E-state index in [1.54, 1.807) is 0 Å². The van der Waals surface area contributed by atoms with Gasteiger partial charge in [0, 0.05) is 31.4 Å². The molecule has 1 aromatic carbocycles. The van der Waals surface area contributed by atoms with E-state index in [1.807, 2.05) is 18.7 Å². The van der Waals surface area contributed by atoms with E-state index < -0.39 is 0 Å². The Kier molecular flexibility index (Phi) is 4.68. The van der Waals surface area contributed by atoms with Gasteiger partial charge in [-0.1, -0.05) is 19.1 Å². The summed E-state index contributed by atoms with van der Waals surface area (Å²) in [7, 11) is 4.08. The van der Waals surface area contributed by atoms with Gasteiger partial charge in [0.05, 0.1) is 5.69 Å². The molecule has 2 rings (SSSR count). The predicted octanol–water partition coefficient (Wildman–Crippen LogP) is 2.95. The molecule has 4 heteroatoms. The summed E-state index contributed by atoms with van der Waals surface area (Å²) < 4.78 is 1.95. The van der Waals surface area contributed by atoms with E-state index in [2.05, 4.69) is 55.2 Å². The van der Waals surface area contributed by atoms with Crippen molar-refractivity contribution in [3.8, 4) is 0 Å². The van der Waals surface area contributed by atoms with Gasteiger partial charge in [0.25, 0.3) is 0 Å². The van der Waals surface area contributed by atoms with Crippen molar-refractivity contribution in [2.75, 3.05) is 11.9 Å². The molecule has 21 heavy (non-hydrogen) atoms. The quantitative estimate of drug-likeness (QED) is 0.919. The van der Waals surface area contributed by atoms with Crippen LogP contribution in [0.1, 0.15) is 30.7 Å². The minimum Gasteiger partial charge on any atom is -0.329 e. The lowest BCUT2D eigenvalue weighted by atomic mass is 10.1. The molecule has 0 radical (unpaired) electrons. The normalized spacial score (nSPS) is 12.5. The second kappa shape index (κ2) is 6.31. The van der Waals surface area contributed by atoms with Gasteiger partial charge >= 0.3 is 0 Å². The lowest BCUT2D eigenvalue weighted by molar-refractivity contribution is 0.731. The maximum atomic E-state index is 5.99. The lowest BCUT2D eigenvalue weighted by Gasteiger charge is -2.22. The Labute approximate surface area is 127 Å². The number of aryl methyl sites for hydroxylation is 3. The molecular formula is C17H26N4. The average Bonchev–Trinajstić information content (AvgIpc) is 2.72. The fourth-order valence-corrected chi connectivity index (χ4v) is 2.75. The molecule has 0 aliphatic rings. The zero-order valence-corrected chi connectivity index (χ0v) is 13.7. The lowest BCUT2D eigenvalue weighted by Crippen LogP contribution is -2.21. The molecule has 1 atom stereocenters. The molecule has 4 nitrogen and oxygen atoms in total. The van der Waals surface area contributed by atoms with Crippen LogP contribution in [-0.4, -0.2) is 22.9 Å². The Hall–Kier alpha value is -1.81. The first kappa shape index (κ1) is 15.6. The van der Waals surface area contributed by atoms with E-state index in [4.69, 9.17) is 5.73 Å². The molecule has 1 unspecified atom stereocenters. The van der Waals surface area contributed by atoms with Crippen molar-refractivity contribution >= 4 is 11.5 Å². The summed E-state index contributed by atoms with van der Waals surface area (Å²) >= 11 is 0. The van der Waals surface area contributed by atoms with Gasteiger partial charge in [0.15, 0.2) is 0 Å². The van der Waals surface area contributed by atoms with Crippen LogP contribution in [0.5, 0.6) is 0 Å². The molecule has 0 fully saturated rings. The van der Waals surface area contributed by atoms with Crippen molar-refractivity contribution in [3.63, 3.8) is 0 Å². The Morgan fingerprint density at radius 1 is 1.29 bits per heavy atom. The van der Waals surface area contributed by atoms with Gasteiger partial charge in [-0.25, -0.2) is 0 Å². The predicted molar refractivity (Wildman–Crippen MR) is 89.2 cm³/mol. The van der Waals surface area contributed by atoms with Gasteiger partial charge in [-0.2, -0.15) is 5.10 Å². The summed E-state index contributed by atoms with van der Waals surface area (Å²) in [6.07, 6.45) is 1.90. The molecule has 0 aliphatic carbocycles. The molecule has 0 saturated heterocycles. The number of hydrogen-bond acceptors (Lipinski definition) is 3. The molecule has 0 saturated carbocycles. The number of nitrogens with two attached hydrogens (primary N) is 1. The van der Waals surface area contributed by atoms with Crippen molar-refractivity contribution in [1.82, 2.24) is 9.78 Å². The van der Waals surface area contributed by atoms with Crippen LogP contribution in [0.15, 0.2) is 24.3 Å². The van der Waals surface area contributed by atoms with Crippen molar-refractivity contribution < 1.29 is 0 Å². The maximum Gasteiger partial charge on any atom is 0.134 e. The first-order valence-corrected chi connectivity index (χ1v) is 7.54. The third-order valence-corrected chi connectivity index (χ3v) is 3.89. The Balaban J connectivity index is 2.39. The Morgan fingerprint density at radius 2 is 1.90 bits per heavy atom. The van der Waals surface area contributed by atoms with Crippen LogP contribution in [0.25, 0.3) is 0 Å². The Bertz CT molecular complexity index is 596. The van der Waals surface area contributed by atoms with Crippen LogP contribution >= 0.6 is 0 Å². The molecule has 114 valence electrons. The summed E-state index contributed by atoms with van der Waals surface area (Å²) in [5.74, 6) is 1.12. The van der Waals surface area contributed by atoms with Gasteiger partial charge in [0.1, 0.15) is 5.82 Å². The van der Waals surface area contributed by atoms with Gasteiger partial charge in [-0.15, -0.1) is 0 Å². The number of nitrogens with zero attached hydrogens (tertiary/aromatic N) is 3. The number of hydrogen-bond donors (Lipinski definition) is 1. The van der Waals surface area contributed by atoms with Gasteiger partial charge in [-0.3, -0.25) is 4.68 Å². The van der Waals surface area contributed by atoms with E-state index in [0.29, 0.717) is 0 Å². The van der Waals surface area contributed by atoms with E-state index in [0.717, 1.165) is 24.4 Å². The molecule has 0 amide bonds. The fraction of sp³-hybridized carbons (Fsp3) is 0.471. The maximum absolute atomic E-state index is 5.99. The summed E-state index contributed by atoms with van der Waals surface area (Å²) in [6.45, 7) is 6.26. The molecule has 2 aromatic rings. The van der Waals surface area contributed by atoms with Gasteiger partial charge in [0.2, 0.25) is 0 Å². The van der Waals surface area contributed by atoms with E-state index in [9.17, 15) is 0 Å². The highest BCUT2D eigenvalue weighted by molar-refractivity contribution is 5.64. The third-order valence-electron chi connectivity index (χ3n) is 3.89. The van der Waals surface area contributed by atoms with Crippen molar-refractivity contribution in [3.05, 3.63) is 41.1 Å². The zero-order chi connectivity index (χ0) is 15.6. The van der Waals surface area contributed by atoms with E-state index >= 15 is 0 Å². The van der Waals surface area contributed by atoms with E-state index in [1.165, 1.54) is 16.8 Å². The van der Waals surface area contributed by atoms with Crippen molar-refractivity contribution in [2.45, 2.75) is 39.7 Å². The molecular weight excluding hydrogens is 260 g/mol. The monoisotopic (exact) mass is 286 g/mol. The summed E-state index contributed by atoms with van der Waals surface area (Å²) in [5, 5.41) is 4.56. The van der Waals surface area contributed by atoms with E-state index in [-0.39, 0.29) is 6.04 Å². The van der Waals surface area contributed by atoms with Crippen LogP contribution in [0, 0.1) is 6.92 Å². The van der Waals surface area contributed by atoms with Crippen LogP contribution < -0.4 is 10.6 Å². The number of benzene rings is 1. The second-order valence-corrected chi connectivity index (χ2v) is 5.77. The van der Waals surface area contributed by atoms with Crippen LogP contribution in [-0.2, 0) is 19.9 Å². The average molecular weight is 286 g/mol. The first-order chi connectivity index (χ1) is 9.93. The third kappa shape index (κ3) is 3.27. The number of rotatable bonds is 5. The smallest absolute Gasteiger partial charge is 0.134 e. The van der Waals surface area contributed by atoms with Crippen molar-refractivity contribution in [2.24, 2.45) is 12.8 Å². The topological polar surface area (TPSA) is 47.1 Å². The minimum absolute atomic E-state index is 0.127. The fourth-order valence-electron chi connectivity index (χ4n) is 2.75. The van der Waals surface area contributed by atoms with Crippen LogP contribution in [0.4, 0.5) is 11.5 Å². The first-order valence-electron chi connectivity index (χ1n) is 7.54. The molecule has 0 spiro atoms. The molecule has 0 aliphatic heterocycles. The van der Waals surface area contributed by atoms with Crippen LogP contribution in [0.2, 0.25) is 0 Å². The molecule has 1 aromatic heterocycles. The minimum atomic E-state index is 0.127. The SMILES string of the molecule is CCc1ccc(N(C)c2c(CC(C)N)c(C)nn2C)cc1. The number of aromatic nitrogens is 2. The standard InChI is InChI=1S/C17H26N4/c1-6-14-7-9-15(10-8-14)20(4)17-16(11-12(2)18)13(3)19-21(17)5/h7-10,12H,6,11,18H2,1-5H3. The summed E-state index contributed by atoms with van der Waals surface area (Å²) in [6, 6.07) is 8.82. The highest BCUT2D eigenvalue weighted by atomic mass is 15.4. The molecule has 0 bridgehead atoms. The van der Waals surface area contributed by atoms with Crippen LogP contribution in [0.3, 0.4) is 0 Å². The van der Waals surface area contributed by atoms with Crippen molar-refractivity contribution in [1.29, 1.82) is 0 Å². The van der Waals surface area contributed by atoms with Gasteiger partial charge in [-0.05, 0) is 44.4 Å². The summed E-state index contributed by atoms with van der Waals surface area (Å²) in [4.78, 5) is 2.19. The number of anilines is 2.